The van der Waals surface area contributed by atoms with Crippen LogP contribution < -0.4 is 0 Å². The zero-order valence-electron chi connectivity index (χ0n) is 18.2. The molecule has 1 aromatic rings. The minimum Gasteiger partial charge on any atom is -0.342 e. The first kappa shape index (κ1) is 21.9. The number of halogens is 2. The van der Waals surface area contributed by atoms with Crippen LogP contribution in [-0.2, 0) is 16.1 Å². The van der Waals surface area contributed by atoms with Crippen molar-refractivity contribution in [1.29, 1.82) is 0 Å². The van der Waals surface area contributed by atoms with Crippen LogP contribution in [0.1, 0.15) is 43.7 Å². The van der Waals surface area contributed by atoms with Crippen molar-refractivity contribution in [2.24, 2.45) is 0 Å². The van der Waals surface area contributed by atoms with Gasteiger partial charge in [0.15, 0.2) is 5.60 Å². The lowest BCUT2D eigenvalue weighted by Crippen LogP contribution is -2.51. The zero-order valence-corrected chi connectivity index (χ0v) is 18.2. The normalized spacial score (nSPS) is 26.6. The highest BCUT2D eigenvalue weighted by atomic mass is 19.1. The SMILES string of the molecule is C=C(/C=C(F)\C=C(/C)F)[C@@H]1CC[C@H]2OC3(CCN(Cc4ccccc4C)CC3)C(=O)N21. The van der Waals surface area contributed by atoms with Crippen molar-refractivity contribution in [3.8, 4) is 0 Å². The Morgan fingerprint density at radius 1 is 1.23 bits per heavy atom. The van der Waals surface area contributed by atoms with Crippen LogP contribution >= 0.6 is 0 Å². The average Bonchev–Trinajstić information content (AvgIpc) is 3.23. The first-order valence-corrected chi connectivity index (χ1v) is 11.0. The van der Waals surface area contributed by atoms with E-state index in [0.29, 0.717) is 31.3 Å². The van der Waals surface area contributed by atoms with E-state index in [-0.39, 0.29) is 18.2 Å². The molecule has 6 heteroatoms. The van der Waals surface area contributed by atoms with E-state index in [1.807, 2.05) is 6.07 Å². The van der Waals surface area contributed by atoms with Crippen molar-refractivity contribution >= 4 is 5.91 Å². The summed E-state index contributed by atoms with van der Waals surface area (Å²) in [6.07, 6.45) is 4.44. The van der Waals surface area contributed by atoms with E-state index in [1.54, 1.807) is 4.90 Å². The summed E-state index contributed by atoms with van der Waals surface area (Å²) in [5.74, 6) is -1.31. The fourth-order valence-corrected chi connectivity index (χ4v) is 5.01. The summed E-state index contributed by atoms with van der Waals surface area (Å²) in [6.45, 7) is 9.72. The van der Waals surface area contributed by atoms with Gasteiger partial charge in [0, 0.05) is 25.7 Å². The molecule has 1 spiro atoms. The maximum absolute atomic E-state index is 13.9. The molecule has 0 aromatic heterocycles. The quantitative estimate of drug-likeness (QED) is 0.622. The number of piperidine rings is 1. The lowest BCUT2D eigenvalue weighted by molar-refractivity contribution is -0.143. The van der Waals surface area contributed by atoms with E-state index in [2.05, 4.69) is 36.6 Å². The molecule has 0 radical (unpaired) electrons. The van der Waals surface area contributed by atoms with Gasteiger partial charge >= 0.3 is 0 Å². The van der Waals surface area contributed by atoms with E-state index in [4.69, 9.17) is 4.74 Å². The van der Waals surface area contributed by atoms with E-state index < -0.39 is 17.3 Å². The molecule has 3 heterocycles. The van der Waals surface area contributed by atoms with Crippen molar-refractivity contribution in [3.63, 3.8) is 0 Å². The monoisotopic (exact) mass is 428 g/mol. The Kier molecular flexibility index (Phi) is 6.13. The molecule has 4 rings (SSSR count). The molecule has 0 aliphatic carbocycles. The number of allylic oxidation sites excluding steroid dienone is 3. The van der Waals surface area contributed by atoms with Crippen molar-refractivity contribution < 1.29 is 18.3 Å². The standard InChI is InChI=1S/C25H30F2N2O2/c1-17-6-4-5-7-20(17)16-28-12-10-25(11-13-28)24(30)29-22(8-9-23(29)31-25)18(2)14-21(27)15-19(3)26/h4-7,14-15,22-23H,2,8-13,16H2,1,3H3/b19-15+,21-14+/t22-,23+/m0/s1. The number of benzene rings is 1. The van der Waals surface area contributed by atoms with Gasteiger partial charge in [-0.25, -0.2) is 8.78 Å². The Balaban J connectivity index is 1.42. The van der Waals surface area contributed by atoms with Crippen LogP contribution in [0.5, 0.6) is 0 Å². The largest absolute Gasteiger partial charge is 0.342 e. The molecule has 3 saturated heterocycles. The molecular formula is C25H30F2N2O2. The number of carbonyl (C=O) groups excluding carboxylic acids is 1. The van der Waals surface area contributed by atoms with Crippen LogP contribution in [0.4, 0.5) is 8.78 Å². The number of fused-ring (bicyclic) bond motifs is 1. The summed E-state index contributed by atoms with van der Waals surface area (Å²) >= 11 is 0. The third-order valence-corrected chi connectivity index (χ3v) is 6.73. The Morgan fingerprint density at radius 2 is 1.94 bits per heavy atom. The minimum atomic E-state index is -0.788. The Labute approximate surface area is 182 Å². The van der Waals surface area contributed by atoms with Gasteiger partial charge in [-0.05, 0) is 62.3 Å². The number of rotatable bonds is 5. The van der Waals surface area contributed by atoms with Crippen LogP contribution in [0.2, 0.25) is 0 Å². The van der Waals surface area contributed by atoms with Gasteiger partial charge in [0.05, 0.1) is 11.9 Å². The number of nitrogens with zero attached hydrogens (tertiary/aromatic N) is 2. The second kappa shape index (κ2) is 8.67. The number of aryl methyl sites for hydroxylation is 1. The first-order chi connectivity index (χ1) is 14.8. The summed E-state index contributed by atoms with van der Waals surface area (Å²) in [4.78, 5) is 17.5. The Morgan fingerprint density at radius 3 is 2.61 bits per heavy atom. The van der Waals surface area contributed by atoms with E-state index in [9.17, 15) is 13.6 Å². The van der Waals surface area contributed by atoms with Gasteiger partial charge in [0.1, 0.15) is 12.1 Å². The predicted molar refractivity (Wildman–Crippen MR) is 116 cm³/mol. The summed E-state index contributed by atoms with van der Waals surface area (Å²) in [6, 6.07) is 8.06. The molecule has 1 aromatic carbocycles. The molecule has 0 saturated carbocycles. The van der Waals surface area contributed by atoms with Gasteiger partial charge < -0.3 is 9.64 Å². The average molecular weight is 429 g/mol. The molecule has 0 unspecified atom stereocenters. The summed E-state index contributed by atoms with van der Waals surface area (Å²) in [5.41, 5.74) is 2.27. The van der Waals surface area contributed by atoms with E-state index >= 15 is 0 Å². The molecule has 3 aliphatic rings. The Bertz CT molecular complexity index is 927. The number of carbonyl (C=O) groups is 1. The fourth-order valence-electron chi connectivity index (χ4n) is 5.01. The van der Waals surface area contributed by atoms with Gasteiger partial charge in [0.2, 0.25) is 0 Å². The van der Waals surface area contributed by atoms with Crippen LogP contribution in [0.3, 0.4) is 0 Å². The van der Waals surface area contributed by atoms with Crippen LogP contribution in [0.25, 0.3) is 0 Å². The maximum atomic E-state index is 13.9. The van der Waals surface area contributed by atoms with Crippen LogP contribution in [0.15, 0.2) is 60.2 Å². The first-order valence-electron chi connectivity index (χ1n) is 11.0. The highest BCUT2D eigenvalue weighted by Crippen LogP contribution is 2.44. The maximum Gasteiger partial charge on any atom is 0.257 e. The molecule has 0 N–H and O–H groups in total. The molecule has 166 valence electrons. The van der Waals surface area contributed by atoms with Crippen molar-refractivity contribution in [2.45, 2.75) is 63.9 Å². The topological polar surface area (TPSA) is 32.8 Å². The van der Waals surface area contributed by atoms with E-state index in [0.717, 1.165) is 25.7 Å². The highest BCUT2D eigenvalue weighted by Gasteiger charge is 2.57. The van der Waals surface area contributed by atoms with Gasteiger partial charge in [-0.1, -0.05) is 30.8 Å². The van der Waals surface area contributed by atoms with Crippen LogP contribution in [0, 0.1) is 6.92 Å². The summed E-state index contributed by atoms with van der Waals surface area (Å²) < 4.78 is 33.2. The summed E-state index contributed by atoms with van der Waals surface area (Å²) in [7, 11) is 0. The molecule has 31 heavy (non-hydrogen) atoms. The van der Waals surface area contributed by atoms with Gasteiger partial charge in [-0.2, -0.15) is 0 Å². The molecule has 0 bridgehead atoms. The molecule has 4 nitrogen and oxygen atoms in total. The highest BCUT2D eigenvalue weighted by molar-refractivity contribution is 5.88. The molecule has 3 fully saturated rings. The third-order valence-electron chi connectivity index (χ3n) is 6.73. The zero-order chi connectivity index (χ0) is 22.2. The minimum absolute atomic E-state index is 0.0114. The number of hydrogen-bond acceptors (Lipinski definition) is 3. The van der Waals surface area contributed by atoms with Crippen molar-refractivity contribution in [1.82, 2.24) is 9.80 Å². The number of likely N-dealkylation sites (tertiary alicyclic amines) is 1. The fraction of sp³-hybridized carbons (Fsp3) is 0.480. The van der Waals surface area contributed by atoms with E-state index in [1.165, 1.54) is 24.1 Å². The number of amides is 1. The summed E-state index contributed by atoms with van der Waals surface area (Å²) in [5, 5.41) is 0. The van der Waals surface area contributed by atoms with Gasteiger partial charge in [-0.3, -0.25) is 9.69 Å². The second-order valence-corrected chi connectivity index (χ2v) is 8.91. The van der Waals surface area contributed by atoms with Crippen molar-refractivity contribution in [3.05, 3.63) is 71.4 Å². The number of ether oxygens (including phenoxy) is 1. The van der Waals surface area contributed by atoms with Crippen molar-refractivity contribution in [2.75, 3.05) is 13.1 Å². The molecule has 3 aliphatic heterocycles. The third kappa shape index (κ3) is 4.37. The van der Waals surface area contributed by atoms with Crippen LogP contribution in [-0.4, -0.2) is 46.7 Å². The number of hydrogen-bond donors (Lipinski definition) is 0. The second-order valence-electron chi connectivity index (χ2n) is 8.91. The molecular weight excluding hydrogens is 398 g/mol. The lowest BCUT2D eigenvalue weighted by atomic mass is 9.89. The predicted octanol–water partition coefficient (Wildman–Crippen LogP) is 4.96. The lowest BCUT2D eigenvalue weighted by Gasteiger charge is -2.37. The van der Waals surface area contributed by atoms with Gasteiger partial charge in [0.25, 0.3) is 5.91 Å². The molecule has 2 atom stereocenters. The smallest absolute Gasteiger partial charge is 0.257 e. The van der Waals surface area contributed by atoms with Gasteiger partial charge in [-0.15, -0.1) is 0 Å². The molecule has 1 amide bonds. The Hall–Kier alpha value is -2.31.